The first kappa shape index (κ1) is 29.0. The van der Waals surface area contributed by atoms with Gasteiger partial charge in [0.1, 0.15) is 0 Å². The lowest BCUT2D eigenvalue weighted by atomic mass is 9.98. The molecular weight excluding hydrogens is 615 g/mol. The zero-order chi connectivity index (χ0) is 32.6. The SMILES string of the molecule is c1ccc(-c2ccc(-c3cccc4c3sc3c(-c5cccc(-c6nc(-c7ccccc7)nc(-c7ccccc7)n6)c5)cccc34)cc2)cc1. The molecular formula is C45H29N3S. The standard InChI is InChI=1S/C45H29N3S/c1-4-13-30(14-5-1)31-25-27-32(28-26-31)37-21-11-23-39-40-24-12-22-38(42(40)49-41(37)39)35-19-10-20-36(29-35)45-47-43(33-15-6-2-7-16-33)46-44(48-45)34-17-8-3-9-18-34/h1-29H. The predicted molar refractivity (Wildman–Crippen MR) is 205 cm³/mol. The zero-order valence-electron chi connectivity index (χ0n) is 26.5. The van der Waals surface area contributed by atoms with Gasteiger partial charge in [0.15, 0.2) is 17.5 Å². The van der Waals surface area contributed by atoms with Crippen LogP contribution in [0.3, 0.4) is 0 Å². The molecule has 0 saturated heterocycles. The molecule has 0 saturated carbocycles. The van der Waals surface area contributed by atoms with E-state index < -0.39 is 0 Å². The Bertz CT molecular complexity index is 2520. The topological polar surface area (TPSA) is 38.7 Å². The number of nitrogens with zero attached hydrogens (tertiary/aromatic N) is 3. The summed E-state index contributed by atoms with van der Waals surface area (Å²) < 4.78 is 2.57. The second kappa shape index (κ2) is 12.4. The van der Waals surface area contributed by atoms with Crippen molar-refractivity contribution in [2.45, 2.75) is 0 Å². The fraction of sp³-hybridized carbons (Fsp3) is 0. The molecule has 0 radical (unpaired) electrons. The van der Waals surface area contributed by atoms with Crippen molar-refractivity contribution in [3.8, 4) is 67.5 Å². The minimum atomic E-state index is 0.652. The zero-order valence-corrected chi connectivity index (χ0v) is 27.3. The minimum Gasteiger partial charge on any atom is -0.208 e. The normalized spacial score (nSPS) is 11.3. The lowest BCUT2D eigenvalue weighted by Gasteiger charge is -2.10. The van der Waals surface area contributed by atoms with E-state index in [2.05, 4.69) is 115 Å². The van der Waals surface area contributed by atoms with Gasteiger partial charge in [0.05, 0.1) is 0 Å². The van der Waals surface area contributed by atoms with E-state index >= 15 is 0 Å². The first-order valence-corrected chi connectivity index (χ1v) is 17.2. The van der Waals surface area contributed by atoms with E-state index in [9.17, 15) is 0 Å². The van der Waals surface area contributed by atoms with E-state index in [1.54, 1.807) is 0 Å². The molecule has 49 heavy (non-hydrogen) atoms. The number of hydrogen-bond acceptors (Lipinski definition) is 4. The Morgan fingerprint density at radius 2 is 0.673 bits per heavy atom. The molecule has 7 aromatic carbocycles. The Hall–Kier alpha value is -6.23. The Labute approximate surface area is 288 Å². The number of rotatable bonds is 6. The molecule has 2 heterocycles. The highest BCUT2D eigenvalue weighted by Crippen LogP contribution is 2.44. The fourth-order valence-electron chi connectivity index (χ4n) is 6.51. The summed E-state index contributed by atoms with van der Waals surface area (Å²) in [5.74, 6) is 1.97. The molecule has 3 nitrogen and oxygen atoms in total. The summed E-state index contributed by atoms with van der Waals surface area (Å²) in [5, 5.41) is 2.55. The summed E-state index contributed by atoms with van der Waals surface area (Å²) in [6.07, 6.45) is 0. The van der Waals surface area contributed by atoms with Crippen molar-refractivity contribution in [2.75, 3.05) is 0 Å². The van der Waals surface area contributed by atoms with E-state index in [1.165, 1.54) is 48.0 Å². The molecule has 0 unspecified atom stereocenters. The van der Waals surface area contributed by atoms with Crippen LogP contribution in [0.5, 0.6) is 0 Å². The van der Waals surface area contributed by atoms with Crippen LogP contribution in [0.1, 0.15) is 0 Å². The maximum atomic E-state index is 4.98. The molecule has 0 atom stereocenters. The van der Waals surface area contributed by atoms with Gasteiger partial charge in [0.25, 0.3) is 0 Å². The summed E-state index contributed by atoms with van der Waals surface area (Å²) in [4.78, 5) is 14.8. The molecule has 0 aliphatic heterocycles. The molecule has 2 aromatic heterocycles. The third-order valence-electron chi connectivity index (χ3n) is 8.96. The van der Waals surface area contributed by atoms with Crippen molar-refractivity contribution < 1.29 is 0 Å². The highest BCUT2D eigenvalue weighted by atomic mass is 32.1. The lowest BCUT2D eigenvalue weighted by Crippen LogP contribution is -2.00. The van der Waals surface area contributed by atoms with Crippen LogP contribution < -0.4 is 0 Å². The lowest BCUT2D eigenvalue weighted by molar-refractivity contribution is 1.07. The van der Waals surface area contributed by atoms with Crippen LogP contribution in [-0.2, 0) is 0 Å². The number of aromatic nitrogens is 3. The van der Waals surface area contributed by atoms with Crippen LogP contribution in [0.4, 0.5) is 0 Å². The maximum absolute atomic E-state index is 4.98. The van der Waals surface area contributed by atoms with E-state index in [4.69, 9.17) is 15.0 Å². The van der Waals surface area contributed by atoms with E-state index in [1.807, 2.05) is 72.0 Å². The molecule has 9 rings (SSSR count). The molecule has 9 aromatic rings. The monoisotopic (exact) mass is 643 g/mol. The summed E-state index contributed by atoms with van der Waals surface area (Å²) in [6.45, 7) is 0. The largest absolute Gasteiger partial charge is 0.208 e. The van der Waals surface area contributed by atoms with Gasteiger partial charge >= 0.3 is 0 Å². The van der Waals surface area contributed by atoms with Gasteiger partial charge in [-0.1, -0.05) is 170 Å². The van der Waals surface area contributed by atoms with E-state index in [0.717, 1.165) is 22.3 Å². The Balaban J connectivity index is 1.15. The summed E-state index contributed by atoms with van der Waals surface area (Å²) in [6, 6.07) is 61.6. The van der Waals surface area contributed by atoms with Gasteiger partial charge < -0.3 is 0 Å². The van der Waals surface area contributed by atoms with Crippen molar-refractivity contribution >= 4 is 31.5 Å². The average molecular weight is 644 g/mol. The van der Waals surface area contributed by atoms with Crippen LogP contribution in [0.25, 0.3) is 87.7 Å². The molecule has 0 bridgehead atoms. The van der Waals surface area contributed by atoms with Crippen LogP contribution in [0, 0.1) is 0 Å². The summed E-state index contributed by atoms with van der Waals surface area (Å²) in [7, 11) is 0. The average Bonchev–Trinajstić information content (AvgIpc) is 3.58. The van der Waals surface area contributed by atoms with Crippen molar-refractivity contribution in [1.82, 2.24) is 15.0 Å². The van der Waals surface area contributed by atoms with E-state index in [0.29, 0.717) is 17.5 Å². The molecule has 0 fully saturated rings. The van der Waals surface area contributed by atoms with Gasteiger partial charge in [0.2, 0.25) is 0 Å². The van der Waals surface area contributed by atoms with Gasteiger partial charge in [-0.2, -0.15) is 0 Å². The molecule has 4 heteroatoms. The summed E-state index contributed by atoms with van der Waals surface area (Å²) >= 11 is 1.87. The fourth-order valence-corrected chi connectivity index (χ4v) is 7.88. The molecule has 0 aliphatic rings. The number of hydrogen-bond donors (Lipinski definition) is 0. The van der Waals surface area contributed by atoms with Crippen LogP contribution in [-0.4, -0.2) is 15.0 Å². The third kappa shape index (κ3) is 5.48. The maximum Gasteiger partial charge on any atom is 0.164 e. The highest BCUT2D eigenvalue weighted by molar-refractivity contribution is 7.26. The van der Waals surface area contributed by atoms with Crippen molar-refractivity contribution in [2.24, 2.45) is 0 Å². The van der Waals surface area contributed by atoms with E-state index in [-0.39, 0.29) is 0 Å². The molecule has 0 N–H and O–H groups in total. The smallest absolute Gasteiger partial charge is 0.164 e. The Morgan fingerprint density at radius 1 is 0.286 bits per heavy atom. The Morgan fingerprint density at radius 3 is 1.22 bits per heavy atom. The van der Waals surface area contributed by atoms with Gasteiger partial charge in [-0.15, -0.1) is 11.3 Å². The molecule has 0 spiro atoms. The van der Waals surface area contributed by atoms with Crippen LogP contribution in [0.15, 0.2) is 176 Å². The highest BCUT2D eigenvalue weighted by Gasteiger charge is 2.16. The van der Waals surface area contributed by atoms with Gasteiger partial charge in [-0.25, -0.2) is 15.0 Å². The Kier molecular flexibility index (Phi) is 7.34. The first-order valence-electron chi connectivity index (χ1n) is 16.4. The molecule has 0 aliphatic carbocycles. The van der Waals surface area contributed by atoms with Gasteiger partial charge in [0, 0.05) is 36.9 Å². The second-order valence-corrected chi connectivity index (χ2v) is 13.0. The minimum absolute atomic E-state index is 0.652. The van der Waals surface area contributed by atoms with Crippen LogP contribution in [0.2, 0.25) is 0 Å². The van der Waals surface area contributed by atoms with Crippen molar-refractivity contribution in [1.29, 1.82) is 0 Å². The van der Waals surface area contributed by atoms with Crippen LogP contribution >= 0.6 is 11.3 Å². The summed E-state index contributed by atoms with van der Waals surface area (Å²) in [5.41, 5.74) is 10.1. The second-order valence-electron chi connectivity index (χ2n) is 12.0. The molecule has 0 amide bonds. The molecule has 230 valence electrons. The number of fused-ring (bicyclic) bond motifs is 3. The van der Waals surface area contributed by atoms with Gasteiger partial charge in [-0.3, -0.25) is 0 Å². The van der Waals surface area contributed by atoms with Crippen molar-refractivity contribution in [3.05, 3.63) is 176 Å². The first-order chi connectivity index (χ1) is 24.3. The third-order valence-corrected chi connectivity index (χ3v) is 10.2. The predicted octanol–water partition coefficient (Wildman–Crippen LogP) is 12.2. The number of benzene rings is 7. The van der Waals surface area contributed by atoms with Gasteiger partial charge in [-0.05, 0) is 39.4 Å². The van der Waals surface area contributed by atoms with Crippen molar-refractivity contribution in [3.63, 3.8) is 0 Å². The quantitative estimate of drug-likeness (QED) is 0.181. The number of thiophene rings is 1.